The van der Waals surface area contributed by atoms with Gasteiger partial charge in [0.15, 0.2) is 6.54 Å². The highest BCUT2D eigenvalue weighted by Gasteiger charge is 2.22. The van der Waals surface area contributed by atoms with Crippen molar-refractivity contribution in [2.24, 2.45) is 0 Å². The lowest BCUT2D eigenvalue weighted by molar-refractivity contribution is -0.885. The van der Waals surface area contributed by atoms with Crippen LogP contribution in [0.2, 0.25) is 0 Å². The molecule has 0 saturated carbocycles. The van der Waals surface area contributed by atoms with Crippen LogP contribution in [-0.2, 0) is 17.8 Å². The normalized spacial score (nSPS) is 17.4. The quantitative estimate of drug-likeness (QED) is 0.844. The summed E-state index contributed by atoms with van der Waals surface area (Å²) in [6, 6.07) is 16.6. The Hall–Kier alpha value is -2.33. The van der Waals surface area contributed by atoms with E-state index in [0.29, 0.717) is 6.54 Å². The summed E-state index contributed by atoms with van der Waals surface area (Å²) < 4.78 is 5.18. The van der Waals surface area contributed by atoms with Crippen molar-refractivity contribution in [3.05, 3.63) is 65.2 Å². The molecule has 25 heavy (non-hydrogen) atoms. The highest BCUT2D eigenvalue weighted by molar-refractivity contribution is 5.77. The van der Waals surface area contributed by atoms with E-state index in [1.54, 1.807) is 7.11 Å². The number of amides is 1. The van der Waals surface area contributed by atoms with Crippen molar-refractivity contribution in [2.45, 2.75) is 31.8 Å². The van der Waals surface area contributed by atoms with Gasteiger partial charge in [-0.15, -0.1) is 0 Å². The Morgan fingerprint density at radius 3 is 2.72 bits per heavy atom. The first-order chi connectivity index (χ1) is 12.2. The number of likely N-dealkylation sites (N-methyl/N-ethyl adjacent to an activating group) is 1. The molecule has 1 aliphatic carbocycles. The monoisotopic (exact) mass is 339 g/mol. The molecule has 0 bridgehead atoms. The average molecular weight is 339 g/mol. The average Bonchev–Trinajstić information content (AvgIpc) is 2.62. The second-order valence-corrected chi connectivity index (χ2v) is 6.87. The number of ether oxygens (including phenoxy) is 1. The minimum atomic E-state index is 0.118. The van der Waals surface area contributed by atoms with Crippen LogP contribution in [0.25, 0.3) is 0 Å². The van der Waals surface area contributed by atoms with Crippen LogP contribution in [0.15, 0.2) is 48.5 Å². The number of nitrogens with one attached hydrogen (secondary N) is 2. The van der Waals surface area contributed by atoms with Gasteiger partial charge in [-0.3, -0.25) is 4.79 Å². The van der Waals surface area contributed by atoms with Crippen LogP contribution < -0.4 is 15.0 Å². The molecule has 0 spiro atoms. The van der Waals surface area contributed by atoms with Crippen molar-refractivity contribution in [1.29, 1.82) is 0 Å². The topological polar surface area (TPSA) is 42.8 Å². The third-order valence-electron chi connectivity index (χ3n) is 4.83. The summed E-state index contributed by atoms with van der Waals surface area (Å²) in [4.78, 5) is 13.6. The number of carbonyl (C=O) groups is 1. The van der Waals surface area contributed by atoms with E-state index < -0.39 is 0 Å². The van der Waals surface area contributed by atoms with Crippen molar-refractivity contribution in [3.63, 3.8) is 0 Å². The molecule has 2 aromatic rings. The van der Waals surface area contributed by atoms with E-state index >= 15 is 0 Å². The van der Waals surface area contributed by atoms with E-state index in [-0.39, 0.29) is 11.9 Å². The molecule has 0 radical (unpaired) electrons. The zero-order chi connectivity index (χ0) is 17.6. The van der Waals surface area contributed by atoms with Gasteiger partial charge in [0.2, 0.25) is 0 Å². The van der Waals surface area contributed by atoms with Gasteiger partial charge in [0.05, 0.1) is 20.2 Å². The van der Waals surface area contributed by atoms with Crippen molar-refractivity contribution in [2.75, 3.05) is 20.7 Å². The number of aryl methyl sites for hydroxylation is 1. The summed E-state index contributed by atoms with van der Waals surface area (Å²) in [6.07, 6.45) is 3.28. The molecule has 3 rings (SSSR count). The first kappa shape index (κ1) is 17.5. The summed E-state index contributed by atoms with van der Waals surface area (Å²) in [5, 5.41) is 3.23. The van der Waals surface area contributed by atoms with Gasteiger partial charge >= 0.3 is 0 Å². The van der Waals surface area contributed by atoms with E-state index in [9.17, 15) is 4.79 Å². The summed E-state index contributed by atoms with van der Waals surface area (Å²) >= 11 is 0. The summed E-state index contributed by atoms with van der Waals surface area (Å²) in [6.45, 7) is 1.30. The number of rotatable bonds is 6. The lowest BCUT2D eigenvalue weighted by atomic mass is 9.88. The van der Waals surface area contributed by atoms with Crippen LogP contribution in [0.1, 0.15) is 35.6 Å². The number of hydrogen-bond donors (Lipinski definition) is 2. The minimum absolute atomic E-state index is 0.118. The van der Waals surface area contributed by atoms with Crippen molar-refractivity contribution in [1.82, 2.24) is 5.32 Å². The SMILES string of the molecule is COc1ccc(C[NH+](C)CC(=O)N[C@H]2CCCc3ccccc32)cc1. The van der Waals surface area contributed by atoms with E-state index in [4.69, 9.17) is 4.74 Å². The van der Waals surface area contributed by atoms with Gasteiger partial charge in [-0.05, 0) is 54.7 Å². The zero-order valence-electron chi connectivity index (χ0n) is 15.0. The molecule has 0 saturated heterocycles. The Morgan fingerprint density at radius 1 is 1.20 bits per heavy atom. The third kappa shape index (κ3) is 4.60. The zero-order valence-corrected chi connectivity index (χ0v) is 15.0. The van der Waals surface area contributed by atoms with E-state index in [0.717, 1.165) is 31.6 Å². The smallest absolute Gasteiger partial charge is 0.275 e. The Bertz CT molecular complexity index is 712. The molecular weight excluding hydrogens is 312 g/mol. The molecule has 2 atom stereocenters. The number of benzene rings is 2. The molecule has 132 valence electrons. The van der Waals surface area contributed by atoms with Crippen molar-refractivity contribution in [3.8, 4) is 5.75 Å². The van der Waals surface area contributed by atoms with E-state index in [1.165, 1.54) is 21.6 Å². The maximum absolute atomic E-state index is 12.5. The van der Waals surface area contributed by atoms with Crippen LogP contribution in [0.5, 0.6) is 5.75 Å². The Labute approximate surface area is 149 Å². The molecule has 0 aromatic heterocycles. The van der Waals surface area contributed by atoms with Gasteiger partial charge in [-0.2, -0.15) is 0 Å². The van der Waals surface area contributed by atoms with Gasteiger partial charge in [0.1, 0.15) is 12.3 Å². The first-order valence-corrected chi connectivity index (χ1v) is 8.97. The number of quaternary nitrogens is 1. The number of fused-ring (bicyclic) bond motifs is 1. The van der Waals surface area contributed by atoms with Gasteiger partial charge in [-0.1, -0.05) is 24.3 Å². The van der Waals surface area contributed by atoms with E-state index in [1.807, 2.05) is 12.1 Å². The standard InChI is InChI=1S/C21H26N2O2/c1-23(14-16-10-12-18(25-2)13-11-16)15-21(24)22-20-9-5-7-17-6-3-4-8-19(17)20/h3-4,6,8,10-13,20H,5,7,9,14-15H2,1-2H3,(H,22,24)/p+1/t20-/m0/s1. The molecule has 2 N–H and O–H groups in total. The maximum Gasteiger partial charge on any atom is 0.275 e. The molecule has 0 aliphatic heterocycles. The number of carbonyl (C=O) groups excluding carboxylic acids is 1. The predicted molar refractivity (Wildman–Crippen MR) is 98.7 cm³/mol. The fourth-order valence-electron chi connectivity index (χ4n) is 3.58. The number of hydrogen-bond acceptors (Lipinski definition) is 2. The second-order valence-electron chi connectivity index (χ2n) is 6.87. The van der Waals surface area contributed by atoms with Crippen LogP contribution >= 0.6 is 0 Å². The minimum Gasteiger partial charge on any atom is -0.497 e. The summed E-state index contributed by atoms with van der Waals surface area (Å²) in [5.41, 5.74) is 3.86. The number of methoxy groups -OCH3 is 1. The fraction of sp³-hybridized carbons (Fsp3) is 0.381. The van der Waals surface area contributed by atoms with Crippen molar-refractivity contribution < 1.29 is 14.4 Å². The largest absolute Gasteiger partial charge is 0.497 e. The Balaban J connectivity index is 1.54. The summed E-state index contributed by atoms with van der Waals surface area (Å²) in [5.74, 6) is 0.975. The van der Waals surface area contributed by atoms with Gasteiger partial charge in [-0.25, -0.2) is 0 Å². The molecule has 4 heteroatoms. The lowest BCUT2D eigenvalue weighted by Crippen LogP contribution is -3.08. The fourth-order valence-corrected chi connectivity index (χ4v) is 3.58. The molecular formula is C21H27N2O2+. The van der Waals surface area contributed by atoms with Gasteiger partial charge in [0, 0.05) is 5.56 Å². The molecule has 1 amide bonds. The van der Waals surface area contributed by atoms with Crippen LogP contribution in [-0.4, -0.2) is 26.6 Å². The Morgan fingerprint density at radius 2 is 1.96 bits per heavy atom. The Kier molecular flexibility index (Phi) is 5.71. The lowest BCUT2D eigenvalue weighted by Gasteiger charge is -2.26. The third-order valence-corrected chi connectivity index (χ3v) is 4.83. The highest BCUT2D eigenvalue weighted by Crippen LogP contribution is 2.29. The van der Waals surface area contributed by atoms with E-state index in [2.05, 4.69) is 48.8 Å². The summed E-state index contributed by atoms with van der Waals surface area (Å²) in [7, 11) is 3.72. The molecule has 1 unspecified atom stereocenters. The van der Waals surface area contributed by atoms with Crippen molar-refractivity contribution >= 4 is 5.91 Å². The van der Waals surface area contributed by atoms with Crippen LogP contribution in [0.3, 0.4) is 0 Å². The highest BCUT2D eigenvalue weighted by atomic mass is 16.5. The molecule has 0 heterocycles. The molecule has 2 aromatic carbocycles. The molecule has 0 fully saturated rings. The maximum atomic E-state index is 12.5. The van der Waals surface area contributed by atoms with Crippen LogP contribution in [0, 0.1) is 0 Å². The van der Waals surface area contributed by atoms with Gasteiger partial charge < -0.3 is 15.0 Å². The second kappa shape index (κ2) is 8.17. The molecule has 4 nitrogen and oxygen atoms in total. The predicted octanol–water partition coefficient (Wildman–Crippen LogP) is 1.90. The van der Waals surface area contributed by atoms with Gasteiger partial charge in [0.25, 0.3) is 5.91 Å². The van der Waals surface area contributed by atoms with Crippen LogP contribution in [0.4, 0.5) is 0 Å². The molecule has 1 aliphatic rings. The first-order valence-electron chi connectivity index (χ1n) is 8.97.